The van der Waals surface area contributed by atoms with Crippen molar-refractivity contribution in [2.45, 2.75) is 39.3 Å². The van der Waals surface area contributed by atoms with E-state index in [4.69, 9.17) is 0 Å². The number of halogens is 2. The van der Waals surface area contributed by atoms with Crippen molar-refractivity contribution in [1.82, 2.24) is 4.90 Å². The highest BCUT2D eigenvalue weighted by molar-refractivity contribution is 5.56. The van der Waals surface area contributed by atoms with Crippen molar-refractivity contribution in [3.05, 3.63) is 24.3 Å². The van der Waals surface area contributed by atoms with Gasteiger partial charge in [0.1, 0.15) is 5.75 Å². The summed E-state index contributed by atoms with van der Waals surface area (Å²) in [6, 6.07) is 7.21. The Labute approximate surface area is 125 Å². The average Bonchev–Trinajstić information content (AvgIpc) is 2.42. The number of hydrogen-bond donors (Lipinski definition) is 1. The van der Waals surface area contributed by atoms with Gasteiger partial charge in [0.15, 0.2) is 0 Å². The topological polar surface area (TPSA) is 24.5 Å². The fourth-order valence-electron chi connectivity index (χ4n) is 2.78. The third-order valence-corrected chi connectivity index (χ3v) is 3.67. The first-order chi connectivity index (χ1) is 10.0. The maximum Gasteiger partial charge on any atom is 0.387 e. The predicted octanol–water partition coefficient (Wildman–Crippen LogP) is 3.82. The number of piperidine rings is 1. The van der Waals surface area contributed by atoms with Gasteiger partial charge < -0.3 is 15.0 Å². The largest absolute Gasteiger partial charge is 0.433 e. The molecule has 0 atom stereocenters. The number of para-hydroxylation sites is 2. The molecule has 0 spiro atoms. The summed E-state index contributed by atoms with van der Waals surface area (Å²) in [4.78, 5) is 2.46. The smallest absolute Gasteiger partial charge is 0.387 e. The predicted molar refractivity (Wildman–Crippen MR) is 81.0 cm³/mol. The molecule has 0 unspecified atom stereocenters. The van der Waals surface area contributed by atoms with Crippen LogP contribution in [0.1, 0.15) is 26.7 Å². The molecule has 1 N–H and O–H groups in total. The zero-order valence-corrected chi connectivity index (χ0v) is 12.7. The van der Waals surface area contributed by atoms with Crippen molar-refractivity contribution in [1.29, 1.82) is 0 Å². The van der Waals surface area contributed by atoms with E-state index in [-0.39, 0.29) is 5.75 Å². The summed E-state index contributed by atoms with van der Waals surface area (Å²) in [7, 11) is 0. The molecule has 0 aromatic heterocycles. The first kappa shape index (κ1) is 16.0. The maximum atomic E-state index is 12.4. The number of benzene rings is 1. The summed E-state index contributed by atoms with van der Waals surface area (Å²) in [6.07, 6.45) is 2.05. The molecule has 1 saturated heterocycles. The van der Waals surface area contributed by atoms with E-state index >= 15 is 0 Å². The van der Waals surface area contributed by atoms with E-state index in [1.807, 2.05) is 6.07 Å². The van der Waals surface area contributed by atoms with Crippen LogP contribution in [-0.2, 0) is 0 Å². The molecule has 0 aliphatic carbocycles. The Bertz CT molecular complexity index is 432. The lowest BCUT2D eigenvalue weighted by atomic mass is 10.0. The van der Waals surface area contributed by atoms with Crippen LogP contribution >= 0.6 is 0 Å². The number of nitrogens with zero attached hydrogens (tertiary/aromatic N) is 1. The molecule has 21 heavy (non-hydrogen) atoms. The molecule has 0 saturated carbocycles. The highest BCUT2D eigenvalue weighted by Gasteiger charge is 2.20. The maximum absolute atomic E-state index is 12.4. The Morgan fingerprint density at radius 1 is 1.24 bits per heavy atom. The lowest BCUT2D eigenvalue weighted by molar-refractivity contribution is -0.0494. The minimum Gasteiger partial charge on any atom is -0.433 e. The number of likely N-dealkylation sites (tertiary alicyclic amines) is 1. The van der Waals surface area contributed by atoms with Gasteiger partial charge in [-0.2, -0.15) is 8.78 Å². The van der Waals surface area contributed by atoms with Crippen LogP contribution in [0.15, 0.2) is 24.3 Å². The molecule has 1 aliphatic rings. The van der Waals surface area contributed by atoms with Crippen LogP contribution < -0.4 is 10.1 Å². The van der Waals surface area contributed by atoms with Gasteiger partial charge in [-0.05, 0) is 30.9 Å². The van der Waals surface area contributed by atoms with Gasteiger partial charge in [-0.1, -0.05) is 26.0 Å². The number of alkyl halides is 2. The van der Waals surface area contributed by atoms with Crippen LogP contribution in [0.3, 0.4) is 0 Å². The van der Waals surface area contributed by atoms with Crippen LogP contribution in [0, 0.1) is 5.92 Å². The Kier molecular flexibility index (Phi) is 5.79. The lowest BCUT2D eigenvalue weighted by Crippen LogP contribution is -2.40. The van der Waals surface area contributed by atoms with E-state index < -0.39 is 6.61 Å². The number of nitrogens with one attached hydrogen (secondary N) is 1. The van der Waals surface area contributed by atoms with Gasteiger partial charge in [-0.15, -0.1) is 0 Å². The average molecular weight is 298 g/mol. The molecule has 118 valence electrons. The minimum absolute atomic E-state index is 0.220. The SMILES string of the molecule is CC(C)CN1CCC(Nc2ccccc2OC(F)F)CC1. The summed E-state index contributed by atoms with van der Waals surface area (Å²) in [5.74, 6) is 0.895. The molecule has 0 amide bonds. The molecule has 2 rings (SSSR count). The van der Waals surface area contributed by atoms with E-state index in [0.29, 0.717) is 17.6 Å². The molecule has 1 aromatic carbocycles. The van der Waals surface area contributed by atoms with Gasteiger partial charge >= 0.3 is 6.61 Å². The van der Waals surface area contributed by atoms with Gasteiger partial charge in [0.25, 0.3) is 0 Å². The van der Waals surface area contributed by atoms with Crippen molar-refractivity contribution in [2.75, 3.05) is 25.0 Å². The van der Waals surface area contributed by atoms with Gasteiger partial charge in [-0.3, -0.25) is 0 Å². The van der Waals surface area contributed by atoms with E-state index in [0.717, 1.165) is 32.5 Å². The third-order valence-electron chi connectivity index (χ3n) is 3.67. The Morgan fingerprint density at radius 3 is 2.52 bits per heavy atom. The van der Waals surface area contributed by atoms with Gasteiger partial charge in [0.2, 0.25) is 0 Å². The summed E-state index contributed by atoms with van der Waals surface area (Å²) in [6.45, 7) is 4.88. The number of rotatable bonds is 6. The second-order valence-electron chi connectivity index (χ2n) is 5.99. The summed E-state index contributed by atoms with van der Waals surface area (Å²) in [5.41, 5.74) is 0.653. The minimum atomic E-state index is -2.79. The van der Waals surface area contributed by atoms with Crippen molar-refractivity contribution in [3.63, 3.8) is 0 Å². The van der Waals surface area contributed by atoms with Crippen LogP contribution in [0.4, 0.5) is 14.5 Å². The molecule has 1 heterocycles. The van der Waals surface area contributed by atoms with Gasteiger partial charge in [-0.25, -0.2) is 0 Å². The first-order valence-electron chi connectivity index (χ1n) is 7.57. The van der Waals surface area contributed by atoms with Gasteiger partial charge in [0.05, 0.1) is 5.69 Å². The third kappa shape index (κ3) is 5.16. The van der Waals surface area contributed by atoms with Crippen LogP contribution in [-0.4, -0.2) is 37.2 Å². The van der Waals surface area contributed by atoms with Gasteiger partial charge in [0, 0.05) is 25.7 Å². The monoisotopic (exact) mass is 298 g/mol. The molecule has 0 bridgehead atoms. The Hall–Kier alpha value is -1.36. The fourth-order valence-corrected chi connectivity index (χ4v) is 2.78. The van der Waals surface area contributed by atoms with Crippen LogP contribution in [0.2, 0.25) is 0 Å². The molecule has 1 aliphatic heterocycles. The van der Waals surface area contributed by atoms with Crippen molar-refractivity contribution in [3.8, 4) is 5.75 Å². The normalized spacial score (nSPS) is 17.4. The zero-order valence-electron chi connectivity index (χ0n) is 12.7. The second-order valence-corrected chi connectivity index (χ2v) is 5.99. The molecule has 0 radical (unpaired) electrons. The van der Waals surface area contributed by atoms with Crippen molar-refractivity contribution >= 4 is 5.69 Å². The summed E-state index contributed by atoms with van der Waals surface area (Å²) >= 11 is 0. The van der Waals surface area contributed by atoms with E-state index in [1.165, 1.54) is 0 Å². The summed E-state index contributed by atoms with van der Waals surface area (Å²) < 4.78 is 29.3. The van der Waals surface area contributed by atoms with Crippen LogP contribution in [0.25, 0.3) is 0 Å². The lowest BCUT2D eigenvalue weighted by Gasteiger charge is -2.34. The van der Waals surface area contributed by atoms with E-state index in [1.54, 1.807) is 18.2 Å². The quantitative estimate of drug-likeness (QED) is 0.864. The molecular formula is C16H24F2N2O. The molecule has 1 fully saturated rings. The van der Waals surface area contributed by atoms with E-state index in [2.05, 4.69) is 28.8 Å². The van der Waals surface area contributed by atoms with Crippen molar-refractivity contribution < 1.29 is 13.5 Å². The molecular weight excluding hydrogens is 274 g/mol. The zero-order chi connectivity index (χ0) is 15.2. The molecule has 1 aromatic rings. The second kappa shape index (κ2) is 7.59. The van der Waals surface area contributed by atoms with Crippen LogP contribution in [0.5, 0.6) is 5.75 Å². The standard InChI is InChI=1S/C16H24F2N2O/c1-12(2)11-20-9-7-13(8-10-20)19-14-5-3-4-6-15(14)21-16(17)18/h3-6,12-13,16,19H,7-11H2,1-2H3. The highest BCUT2D eigenvalue weighted by Crippen LogP contribution is 2.28. The fraction of sp³-hybridized carbons (Fsp3) is 0.625. The molecule has 5 heteroatoms. The Balaban J connectivity index is 1.89. The number of hydrogen-bond acceptors (Lipinski definition) is 3. The molecule has 3 nitrogen and oxygen atoms in total. The highest BCUT2D eigenvalue weighted by atomic mass is 19.3. The Morgan fingerprint density at radius 2 is 1.90 bits per heavy atom. The number of ether oxygens (including phenoxy) is 1. The summed E-state index contributed by atoms with van der Waals surface area (Å²) in [5, 5.41) is 3.34. The van der Waals surface area contributed by atoms with E-state index in [9.17, 15) is 8.78 Å². The number of anilines is 1. The first-order valence-corrected chi connectivity index (χ1v) is 7.57. The van der Waals surface area contributed by atoms with Crippen molar-refractivity contribution in [2.24, 2.45) is 5.92 Å².